The zero-order chi connectivity index (χ0) is 21.8. The lowest BCUT2D eigenvalue weighted by Crippen LogP contribution is -2.09. The molecule has 0 radical (unpaired) electrons. The minimum absolute atomic E-state index is 0.115. The summed E-state index contributed by atoms with van der Waals surface area (Å²) in [7, 11) is 1.58. The number of benzene rings is 3. The molecule has 31 heavy (non-hydrogen) atoms. The van der Waals surface area contributed by atoms with Crippen LogP contribution in [-0.2, 0) is 9.53 Å². The molecule has 4 rings (SSSR count). The van der Waals surface area contributed by atoms with Crippen LogP contribution >= 0.6 is 0 Å². The number of esters is 2. The van der Waals surface area contributed by atoms with Crippen molar-refractivity contribution < 1.29 is 23.8 Å². The van der Waals surface area contributed by atoms with Crippen LogP contribution in [0.25, 0.3) is 6.08 Å². The van der Waals surface area contributed by atoms with Crippen molar-refractivity contribution >= 4 is 23.9 Å². The Labute approximate surface area is 179 Å². The van der Waals surface area contributed by atoms with Crippen LogP contribution in [0.3, 0.4) is 0 Å². The van der Waals surface area contributed by atoms with Crippen molar-refractivity contribution in [2.75, 3.05) is 7.11 Å². The maximum absolute atomic E-state index is 12.5. The van der Waals surface area contributed by atoms with E-state index in [4.69, 9.17) is 14.2 Å². The Balaban J connectivity index is 1.59. The second-order valence-electron chi connectivity index (χ2n) is 6.86. The Morgan fingerprint density at radius 2 is 1.68 bits per heavy atom. The molecule has 0 saturated heterocycles. The SMILES string of the molecule is COc1ccc(C2=N/C(=C/c3ccccc3OC(=O)c3ccc(C)cc3)C(=O)O2)cc1. The van der Waals surface area contributed by atoms with Crippen LogP contribution in [-0.4, -0.2) is 24.9 Å². The van der Waals surface area contributed by atoms with Crippen molar-refractivity contribution in [3.05, 3.63) is 101 Å². The van der Waals surface area contributed by atoms with Gasteiger partial charge in [-0.2, -0.15) is 0 Å². The van der Waals surface area contributed by atoms with Gasteiger partial charge in [-0.1, -0.05) is 35.9 Å². The van der Waals surface area contributed by atoms with Crippen LogP contribution in [0.15, 0.2) is 83.5 Å². The van der Waals surface area contributed by atoms with Gasteiger partial charge in [-0.25, -0.2) is 14.6 Å². The van der Waals surface area contributed by atoms with Crippen LogP contribution in [0.2, 0.25) is 0 Å². The number of hydrogen-bond donors (Lipinski definition) is 0. The number of rotatable bonds is 5. The van der Waals surface area contributed by atoms with Gasteiger partial charge in [0.2, 0.25) is 5.90 Å². The van der Waals surface area contributed by atoms with Gasteiger partial charge in [0.15, 0.2) is 5.70 Å². The van der Waals surface area contributed by atoms with Crippen LogP contribution < -0.4 is 9.47 Å². The molecule has 1 heterocycles. The highest BCUT2D eigenvalue weighted by molar-refractivity contribution is 6.13. The second-order valence-corrected chi connectivity index (χ2v) is 6.86. The van der Waals surface area contributed by atoms with Gasteiger partial charge in [-0.3, -0.25) is 0 Å². The minimum atomic E-state index is -0.578. The molecule has 6 nitrogen and oxygen atoms in total. The first-order valence-corrected chi connectivity index (χ1v) is 9.58. The van der Waals surface area contributed by atoms with E-state index in [2.05, 4.69) is 4.99 Å². The summed E-state index contributed by atoms with van der Waals surface area (Å²) < 4.78 is 16.0. The maximum atomic E-state index is 12.5. The number of hydrogen-bond acceptors (Lipinski definition) is 6. The average Bonchev–Trinajstić information content (AvgIpc) is 3.15. The molecule has 1 aliphatic rings. The molecule has 3 aromatic rings. The predicted octanol–water partition coefficient (Wildman–Crippen LogP) is 4.57. The molecule has 0 aromatic heterocycles. The fourth-order valence-electron chi connectivity index (χ4n) is 2.95. The number of aryl methyl sites for hydroxylation is 1. The molecule has 0 spiro atoms. The number of cyclic esters (lactones) is 1. The second kappa shape index (κ2) is 8.67. The van der Waals surface area contributed by atoms with Gasteiger partial charge in [0.1, 0.15) is 11.5 Å². The molecular formula is C25H19NO5. The number of ether oxygens (including phenoxy) is 3. The average molecular weight is 413 g/mol. The normalized spacial score (nSPS) is 14.2. The highest BCUT2D eigenvalue weighted by Gasteiger charge is 2.24. The van der Waals surface area contributed by atoms with E-state index >= 15 is 0 Å². The van der Waals surface area contributed by atoms with Gasteiger partial charge in [0.25, 0.3) is 0 Å². The van der Waals surface area contributed by atoms with Crippen molar-refractivity contribution in [1.82, 2.24) is 0 Å². The molecule has 3 aromatic carbocycles. The number of carbonyl (C=O) groups excluding carboxylic acids is 2. The van der Waals surface area contributed by atoms with E-state index in [0.717, 1.165) is 5.56 Å². The van der Waals surface area contributed by atoms with Crippen LogP contribution in [0.5, 0.6) is 11.5 Å². The van der Waals surface area contributed by atoms with Gasteiger partial charge in [-0.15, -0.1) is 0 Å². The van der Waals surface area contributed by atoms with E-state index in [9.17, 15) is 9.59 Å². The van der Waals surface area contributed by atoms with E-state index in [0.29, 0.717) is 28.2 Å². The van der Waals surface area contributed by atoms with Gasteiger partial charge in [-0.05, 0) is 55.5 Å². The summed E-state index contributed by atoms with van der Waals surface area (Å²) in [6.07, 6.45) is 1.54. The first-order chi connectivity index (χ1) is 15.0. The lowest BCUT2D eigenvalue weighted by atomic mass is 10.1. The molecular weight excluding hydrogens is 394 g/mol. The fraction of sp³-hybridized carbons (Fsp3) is 0.0800. The van der Waals surface area contributed by atoms with Crippen LogP contribution in [0.4, 0.5) is 0 Å². The third-order valence-corrected chi connectivity index (χ3v) is 4.66. The lowest BCUT2D eigenvalue weighted by Gasteiger charge is -2.07. The molecule has 0 amide bonds. The van der Waals surface area contributed by atoms with Gasteiger partial charge < -0.3 is 14.2 Å². The summed E-state index contributed by atoms with van der Waals surface area (Å²) in [6.45, 7) is 1.94. The molecule has 6 heteroatoms. The summed E-state index contributed by atoms with van der Waals surface area (Å²) in [5.41, 5.74) is 2.79. The molecule has 1 aliphatic heterocycles. The van der Waals surface area contributed by atoms with Gasteiger partial charge >= 0.3 is 11.9 Å². The molecule has 0 atom stereocenters. The smallest absolute Gasteiger partial charge is 0.363 e. The number of aliphatic imine (C=N–C) groups is 1. The standard InChI is InChI=1S/C25H19NO5/c1-16-7-9-18(10-8-16)24(27)30-22-6-4-3-5-19(22)15-21-25(28)31-23(26-21)17-11-13-20(29-2)14-12-17/h3-15H,1-2H3/b21-15+. The van der Waals surface area contributed by atoms with Crippen molar-refractivity contribution in [1.29, 1.82) is 0 Å². The van der Waals surface area contributed by atoms with Crippen LogP contribution in [0, 0.1) is 6.92 Å². The van der Waals surface area contributed by atoms with Crippen molar-refractivity contribution in [2.45, 2.75) is 6.92 Å². The summed E-state index contributed by atoms with van der Waals surface area (Å²) in [5.74, 6) is 0.149. The molecule has 0 saturated carbocycles. The number of nitrogens with zero attached hydrogens (tertiary/aromatic N) is 1. The topological polar surface area (TPSA) is 74.2 Å². The zero-order valence-corrected chi connectivity index (χ0v) is 17.0. The molecule has 0 aliphatic carbocycles. The molecule has 0 bridgehead atoms. The summed E-state index contributed by atoms with van der Waals surface area (Å²) in [6, 6.07) is 21.0. The number of para-hydroxylation sites is 1. The first kappa shape index (κ1) is 20.1. The summed E-state index contributed by atoms with van der Waals surface area (Å²) in [4.78, 5) is 29.1. The Hall–Kier alpha value is -4.19. The monoisotopic (exact) mass is 413 g/mol. The summed E-state index contributed by atoms with van der Waals surface area (Å²) in [5, 5.41) is 0. The molecule has 0 fully saturated rings. The maximum Gasteiger partial charge on any atom is 0.363 e. The number of methoxy groups -OCH3 is 1. The Kier molecular flexibility index (Phi) is 5.62. The van der Waals surface area contributed by atoms with Crippen LogP contribution in [0.1, 0.15) is 27.0 Å². The largest absolute Gasteiger partial charge is 0.497 e. The Bertz CT molecular complexity index is 1190. The van der Waals surface area contributed by atoms with Crippen molar-refractivity contribution in [2.24, 2.45) is 4.99 Å². The quantitative estimate of drug-likeness (QED) is 0.348. The Morgan fingerprint density at radius 3 is 2.39 bits per heavy atom. The molecule has 154 valence electrons. The first-order valence-electron chi connectivity index (χ1n) is 9.58. The fourth-order valence-corrected chi connectivity index (χ4v) is 2.95. The van der Waals surface area contributed by atoms with Crippen molar-refractivity contribution in [3.8, 4) is 11.5 Å². The van der Waals surface area contributed by atoms with E-state index in [-0.39, 0.29) is 11.6 Å². The van der Waals surface area contributed by atoms with E-state index in [1.165, 1.54) is 6.08 Å². The van der Waals surface area contributed by atoms with E-state index < -0.39 is 11.9 Å². The van der Waals surface area contributed by atoms with Gasteiger partial charge in [0.05, 0.1) is 12.7 Å². The highest BCUT2D eigenvalue weighted by atomic mass is 16.6. The van der Waals surface area contributed by atoms with Crippen molar-refractivity contribution in [3.63, 3.8) is 0 Å². The summed E-state index contributed by atoms with van der Waals surface area (Å²) >= 11 is 0. The Morgan fingerprint density at radius 1 is 0.968 bits per heavy atom. The van der Waals surface area contributed by atoms with E-state index in [1.807, 2.05) is 19.1 Å². The predicted molar refractivity (Wildman–Crippen MR) is 116 cm³/mol. The zero-order valence-electron chi connectivity index (χ0n) is 17.0. The molecule has 0 unspecified atom stereocenters. The van der Waals surface area contributed by atoms with E-state index in [1.54, 1.807) is 67.8 Å². The third kappa shape index (κ3) is 4.53. The highest BCUT2D eigenvalue weighted by Crippen LogP contribution is 2.26. The van der Waals surface area contributed by atoms with Gasteiger partial charge in [0, 0.05) is 11.1 Å². The third-order valence-electron chi connectivity index (χ3n) is 4.66. The minimum Gasteiger partial charge on any atom is -0.497 e. The number of carbonyl (C=O) groups is 2. The lowest BCUT2D eigenvalue weighted by molar-refractivity contribution is -0.129. The molecule has 0 N–H and O–H groups in total.